The van der Waals surface area contributed by atoms with Crippen molar-refractivity contribution in [3.8, 4) is 0 Å². The van der Waals surface area contributed by atoms with Crippen molar-refractivity contribution >= 4 is 35.4 Å². The SMILES string of the molecule is CC(C)[C@H](C)NC(=O)COC(=O)c1ccc(C2SCCCS2)cc1. The maximum Gasteiger partial charge on any atom is 0.338 e. The highest BCUT2D eigenvalue weighted by Gasteiger charge is 2.18. The third kappa shape index (κ3) is 5.74. The normalized spacial score (nSPS) is 16.7. The Bertz CT molecular complexity index is 554. The van der Waals surface area contributed by atoms with Gasteiger partial charge in [0.2, 0.25) is 0 Å². The summed E-state index contributed by atoms with van der Waals surface area (Å²) < 4.78 is 5.55. The quantitative estimate of drug-likeness (QED) is 0.774. The molecule has 1 heterocycles. The standard InChI is InChI=1S/C18H25NO3S2/c1-12(2)13(3)19-16(20)11-22-17(21)14-5-7-15(8-6-14)18-23-9-4-10-24-18/h5-8,12-13,18H,4,9-11H2,1-3H3,(H,19,20)/t13-/m0/s1. The van der Waals surface area contributed by atoms with Gasteiger partial charge in [-0.05, 0) is 48.5 Å². The minimum Gasteiger partial charge on any atom is -0.452 e. The van der Waals surface area contributed by atoms with Crippen LogP contribution in [0.1, 0.15) is 47.7 Å². The summed E-state index contributed by atoms with van der Waals surface area (Å²) in [5, 5.41) is 2.82. The fourth-order valence-corrected chi connectivity index (χ4v) is 5.03. The van der Waals surface area contributed by atoms with E-state index in [4.69, 9.17) is 4.74 Å². The number of esters is 1. The molecule has 1 saturated heterocycles. The molecular weight excluding hydrogens is 342 g/mol. The van der Waals surface area contributed by atoms with Crippen molar-refractivity contribution in [2.45, 2.75) is 37.8 Å². The summed E-state index contributed by atoms with van der Waals surface area (Å²) in [6, 6.07) is 7.58. The lowest BCUT2D eigenvalue weighted by Crippen LogP contribution is -2.38. The highest BCUT2D eigenvalue weighted by molar-refractivity contribution is 8.16. The summed E-state index contributed by atoms with van der Waals surface area (Å²) in [4.78, 5) is 23.8. The predicted octanol–water partition coefficient (Wildman–Crippen LogP) is 3.87. The van der Waals surface area contributed by atoms with E-state index in [1.54, 1.807) is 12.1 Å². The smallest absolute Gasteiger partial charge is 0.338 e. The highest BCUT2D eigenvalue weighted by atomic mass is 32.2. The van der Waals surface area contributed by atoms with E-state index in [1.165, 1.54) is 23.5 Å². The molecule has 2 rings (SSSR count). The maximum absolute atomic E-state index is 12.0. The molecular formula is C18H25NO3S2. The first-order chi connectivity index (χ1) is 11.5. The zero-order valence-corrected chi connectivity index (χ0v) is 16.0. The molecule has 0 aliphatic carbocycles. The van der Waals surface area contributed by atoms with E-state index in [0.717, 1.165) is 0 Å². The number of rotatable bonds is 6. The first-order valence-electron chi connectivity index (χ1n) is 8.27. The third-order valence-corrected chi connectivity index (χ3v) is 6.98. The molecule has 0 aromatic heterocycles. The minimum absolute atomic E-state index is 0.0565. The molecule has 132 valence electrons. The Morgan fingerprint density at radius 3 is 2.38 bits per heavy atom. The van der Waals surface area contributed by atoms with Crippen molar-refractivity contribution in [3.63, 3.8) is 0 Å². The predicted molar refractivity (Wildman–Crippen MR) is 101 cm³/mol. The van der Waals surface area contributed by atoms with Gasteiger partial charge in [0, 0.05) is 6.04 Å². The maximum atomic E-state index is 12.0. The van der Waals surface area contributed by atoms with E-state index in [0.29, 0.717) is 16.1 Å². The van der Waals surface area contributed by atoms with Gasteiger partial charge in [-0.1, -0.05) is 26.0 Å². The van der Waals surface area contributed by atoms with Crippen LogP contribution in [0, 0.1) is 5.92 Å². The van der Waals surface area contributed by atoms with E-state index >= 15 is 0 Å². The van der Waals surface area contributed by atoms with Gasteiger partial charge >= 0.3 is 5.97 Å². The van der Waals surface area contributed by atoms with Crippen molar-refractivity contribution in [1.29, 1.82) is 0 Å². The Hall–Kier alpha value is -1.14. The topological polar surface area (TPSA) is 55.4 Å². The van der Waals surface area contributed by atoms with E-state index in [2.05, 4.69) is 5.32 Å². The van der Waals surface area contributed by atoms with Gasteiger partial charge in [0.05, 0.1) is 10.1 Å². The van der Waals surface area contributed by atoms with Crippen molar-refractivity contribution < 1.29 is 14.3 Å². The van der Waals surface area contributed by atoms with Crippen molar-refractivity contribution in [2.24, 2.45) is 5.92 Å². The molecule has 1 atom stereocenters. The van der Waals surface area contributed by atoms with Crippen molar-refractivity contribution in [2.75, 3.05) is 18.1 Å². The van der Waals surface area contributed by atoms with Gasteiger partial charge in [0.15, 0.2) is 6.61 Å². The average molecular weight is 368 g/mol. The second-order valence-electron chi connectivity index (χ2n) is 6.23. The van der Waals surface area contributed by atoms with Gasteiger partial charge in [0.1, 0.15) is 0 Å². The van der Waals surface area contributed by atoms with Gasteiger partial charge in [-0.25, -0.2) is 4.79 Å². The zero-order chi connectivity index (χ0) is 17.5. The van der Waals surface area contributed by atoms with Crippen LogP contribution in [0.15, 0.2) is 24.3 Å². The largest absolute Gasteiger partial charge is 0.452 e. The summed E-state index contributed by atoms with van der Waals surface area (Å²) in [5.41, 5.74) is 1.71. The van der Waals surface area contributed by atoms with Crippen LogP contribution in [0.25, 0.3) is 0 Å². The van der Waals surface area contributed by atoms with E-state index < -0.39 is 5.97 Å². The number of thioether (sulfide) groups is 2. The molecule has 1 aliphatic rings. The van der Waals surface area contributed by atoms with Crippen LogP contribution in [0.2, 0.25) is 0 Å². The van der Waals surface area contributed by atoms with Crippen LogP contribution in [-0.2, 0) is 9.53 Å². The van der Waals surface area contributed by atoms with Gasteiger partial charge < -0.3 is 10.1 Å². The summed E-state index contributed by atoms with van der Waals surface area (Å²) in [6.07, 6.45) is 1.26. The number of ether oxygens (including phenoxy) is 1. The average Bonchev–Trinajstić information content (AvgIpc) is 2.60. The molecule has 0 spiro atoms. The van der Waals surface area contributed by atoms with Gasteiger partial charge in [-0.15, -0.1) is 23.5 Å². The Morgan fingerprint density at radius 1 is 1.17 bits per heavy atom. The van der Waals surface area contributed by atoms with Crippen LogP contribution in [0.3, 0.4) is 0 Å². The second kappa shape index (κ2) is 9.37. The molecule has 1 aliphatic heterocycles. The van der Waals surface area contributed by atoms with E-state index in [-0.39, 0.29) is 18.6 Å². The lowest BCUT2D eigenvalue weighted by Gasteiger charge is -2.21. The number of amides is 1. The molecule has 1 fully saturated rings. The molecule has 0 saturated carbocycles. The van der Waals surface area contributed by atoms with Crippen LogP contribution >= 0.6 is 23.5 Å². The van der Waals surface area contributed by atoms with Crippen LogP contribution < -0.4 is 5.32 Å². The van der Waals surface area contributed by atoms with Gasteiger partial charge in [-0.3, -0.25) is 4.79 Å². The summed E-state index contributed by atoms with van der Waals surface area (Å²) in [6.45, 7) is 5.75. The number of benzene rings is 1. The highest BCUT2D eigenvalue weighted by Crippen LogP contribution is 2.43. The molecule has 1 N–H and O–H groups in total. The molecule has 1 aromatic rings. The zero-order valence-electron chi connectivity index (χ0n) is 14.4. The number of hydrogen-bond donors (Lipinski definition) is 1. The number of hydrogen-bond acceptors (Lipinski definition) is 5. The second-order valence-corrected chi connectivity index (χ2v) is 8.95. The number of carbonyl (C=O) groups is 2. The molecule has 0 unspecified atom stereocenters. The summed E-state index contributed by atoms with van der Waals surface area (Å²) >= 11 is 3.89. The first-order valence-corrected chi connectivity index (χ1v) is 10.4. The fraction of sp³-hybridized carbons (Fsp3) is 0.556. The fourth-order valence-electron chi connectivity index (χ4n) is 2.13. The van der Waals surface area contributed by atoms with Crippen LogP contribution in [0.4, 0.5) is 0 Å². The molecule has 0 bridgehead atoms. The van der Waals surface area contributed by atoms with Crippen molar-refractivity contribution in [3.05, 3.63) is 35.4 Å². The van der Waals surface area contributed by atoms with Crippen LogP contribution in [-0.4, -0.2) is 36.0 Å². The molecule has 0 radical (unpaired) electrons. The van der Waals surface area contributed by atoms with Gasteiger partial charge in [0.25, 0.3) is 5.91 Å². The monoisotopic (exact) mass is 367 g/mol. The lowest BCUT2D eigenvalue weighted by atomic mass is 10.1. The Morgan fingerprint density at radius 2 is 1.79 bits per heavy atom. The van der Waals surface area contributed by atoms with Crippen molar-refractivity contribution in [1.82, 2.24) is 5.32 Å². The Balaban J connectivity index is 1.83. The Labute approximate surface area is 152 Å². The molecule has 4 nitrogen and oxygen atoms in total. The van der Waals surface area contributed by atoms with Crippen LogP contribution in [0.5, 0.6) is 0 Å². The Kier molecular flexibility index (Phi) is 7.49. The molecule has 1 aromatic carbocycles. The number of nitrogens with one attached hydrogen (secondary N) is 1. The van der Waals surface area contributed by atoms with E-state index in [9.17, 15) is 9.59 Å². The number of carbonyl (C=O) groups excluding carboxylic acids is 2. The first kappa shape index (κ1) is 19.2. The molecule has 6 heteroatoms. The molecule has 1 amide bonds. The third-order valence-electron chi connectivity index (χ3n) is 3.97. The summed E-state index contributed by atoms with van der Waals surface area (Å²) in [5.74, 6) is 1.98. The van der Waals surface area contributed by atoms with E-state index in [1.807, 2.05) is 56.4 Å². The minimum atomic E-state index is -0.460. The lowest BCUT2D eigenvalue weighted by molar-refractivity contribution is -0.125. The molecule has 24 heavy (non-hydrogen) atoms. The van der Waals surface area contributed by atoms with Gasteiger partial charge in [-0.2, -0.15) is 0 Å². The summed E-state index contributed by atoms with van der Waals surface area (Å²) in [7, 11) is 0.